The molecule has 1 aromatic rings. The second kappa shape index (κ2) is 5.25. The van der Waals surface area contributed by atoms with Crippen LogP contribution >= 0.6 is 0 Å². The van der Waals surface area contributed by atoms with Gasteiger partial charge in [0, 0.05) is 12.1 Å². The van der Waals surface area contributed by atoms with Crippen molar-refractivity contribution in [3.8, 4) is 0 Å². The Morgan fingerprint density at radius 2 is 2.12 bits per heavy atom. The van der Waals surface area contributed by atoms with Crippen molar-refractivity contribution in [1.82, 2.24) is 0 Å². The molecule has 0 saturated heterocycles. The second-order valence-electron chi connectivity index (χ2n) is 3.42. The molecular formula is C11H13NO4. The largest absolute Gasteiger partial charge is 0.466 e. The van der Waals surface area contributed by atoms with E-state index in [0.717, 1.165) is 5.56 Å². The summed E-state index contributed by atoms with van der Waals surface area (Å²) in [5.74, 6) is -0.373. The molecule has 0 aromatic heterocycles. The molecule has 16 heavy (non-hydrogen) atoms. The van der Waals surface area contributed by atoms with Crippen molar-refractivity contribution in [2.45, 2.75) is 20.3 Å². The van der Waals surface area contributed by atoms with Crippen molar-refractivity contribution in [3.63, 3.8) is 0 Å². The quantitative estimate of drug-likeness (QED) is 0.444. The van der Waals surface area contributed by atoms with Crippen molar-refractivity contribution in [3.05, 3.63) is 39.4 Å². The molecule has 1 aromatic carbocycles. The highest BCUT2D eigenvalue weighted by molar-refractivity contribution is 5.72. The van der Waals surface area contributed by atoms with Gasteiger partial charge in [-0.15, -0.1) is 0 Å². The van der Waals surface area contributed by atoms with E-state index < -0.39 is 4.92 Å². The van der Waals surface area contributed by atoms with Crippen LogP contribution < -0.4 is 0 Å². The average Bonchev–Trinajstić information content (AvgIpc) is 2.16. The third-order valence-electron chi connectivity index (χ3n) is 1.99. The summed E-state index contributed by atoms with van der Waals surface area (Å²) in [6, 6.07) is 4.60. The predicted molar refractivity (Wildman–Crippen MR) is 58.2 cm³/mol. The summed E-state index contributed by atoms with van der Waals surface area (Å²) in [4.78, 5) is 21.3. The number of carbonyl (C=O) groups is 1. The standard InChI is InChI=1S/C11H13NO4/c1-3-16-11(13)7-9-4-8(2)5-10(6-9)12(14)15/h4-6H,3,7H2,1-2H3. The van der Waals surface area contributed by atoms with Gasteiger partial charge in [0.1, 0.15) is 0 Å². The summed E-state index contributed by atoms with van der Waals surface area (Å²) in [5, 5.41) is 10.6. The van der Waals surface area contributed by atoms with E-state index in [1.54, 1.807) is 19.9 Å². The zero-order valence-corrected chi connectivity index (χ0v) is 9.23. The summed E-state index contributed by atoms with van der Waals surface area (Å²) in [7, 11) is 0. The van der Waals surface area contributed by atoms with Crippen LogP contribution in [0.2, 0.25) is 0 Å². The van der Waals surface area contributed by atoms with Crippen LogP contribution in [0.3, 0.4) is 0 Å². The zero-order chi connectivity index (χ0) is 12.1. The van der Waals surface area contributed by atoms with Gasteiger partial charge in [0.15, 0.2) is 0 Å². The highest BCUT2D eigenvalue weighted by atomic mass is 16.6. The normalized spacial score (nSPS) is 9.88. The van der Waals surface area contributed by atoms with E-state index in [1.807, 2.05) is 0 Å². The lowest BCUT2D eigenvalue weighted by Crippen LogP contribution is -2.07. The minimum absolute atomic E-state index is 0.000650. The predicted octanol–water partition coefficient (Wildman–Crippen LogP) is 2.01. The van der Waals surface area contributed by atoms with Gasteiger partial charge < -0.3 is 4.74 Å². The maximum atomic E-state index is 11.2. The number of esters is 1. The van der Waals surface area contributed by atoms with Crippen molar-refractivity contribution in [2.24, 2.45) is 0 Å². The molecule has 0 aliphatic rings. The fourth-order valence-corrected chi connectivity index (χ4v) is 1.43. The first-order valence-corrected chi connectivity index (χ1v) is 4.93. The maximum absolute atomic E-state index is 11.2. The van der Waals surface area contributed by atoms with Crippen LogP contribution in [-0.4, -0.2) is 17.5 Å². The first-order chi connectivity index (χ1) is 7.52. The van der Waals surface area contributed by atoms with Crippen molar-refractivity contribution in [2.75, 3.05) is 6.61 Å². The fraction of sp³-hybridized carbons (Fsp3) is 0.364. The van der Waals surface area contributed by atoms with E-state index in [0.29, 0.717) is 12.2 Å². The molecule has 0 fully saturated rings. The highest BCUT2D eigenvalue weighted by Crippen LogP contribution is 2.17. The molecule has 0 amide bonds. The van der Waals surface area contributed by atoms with E-state index in [2.05, 4.69) is 0 Å². The minimum atomic E-state index is -0.471. The molecule has 0 bridgehead atoms. The van der Waals surface area contributed by atoms with Crippen LogP contribution in [0, 0.1) is 17.0 Å². The van der Waals surface area contributed by atoms with E-state index in [1.165, 1.54) is 12.1 Å². The van der Waals surface area contributed by atoms with Gasteiger partial charge in [0.2, 0.25) is 0 Å². The Morgan fingerprint density at radius 3 is 2.69 bits per heavy atom. The third kappa shape index (κ3) is 3.34. The SMILES string of the molecule is CCOC(=O)Cc1cc(C)cc([N+](=O)[O-])c1. The zero-order valence-electron chi connectivity index (χ0n) is 9.23. The second-order valence-corrected chi connectivity index (χ2v) is 3.42. The molecule has 5 nitrogen and oxygen atoms in total. The number of non-ortho nitro benzene ring substituents is 1. The van der Waals surface area contributed by atoms with Gasteiger partial charge in [-0.3, -0.25) is 14.9 Å². The minimum Gasteiger partial charge on any atom is -0.466 e. The molecule has 0 saturated carbocycles. The highest BCUT2D eigenvalue weighted by Gasteiger charge is 2.11. The molecule has 86 valence electrons. The summed E-state index contributed by atoms with van der Waals surface area (Å²) < 4.78 is 4.78. The van der Waals surface area contributed by atoms with Gasteiger partial charge in [-0.2, -0.15) is 0 Å². The number of nitrogens with zero attached hydrogens (tertiary/aromatic N) is 1. The van der Waals surface area contributed by atoms with E-state index in [4.69, 9.17) is 4.74 Å². The molecule has 5 heteroatoms. The number of nitro groups is 1. The molecule has 0 heterocycles. The molecule has 0 radical (unpaired) electrons. The first kappa shape index (κ1) is 12.2. The molecule has 0 aliphatic heterocycles. The number of ether oxygens (including phenoxy) is 1. The van der Waals surface area contributed by atoms with E-state index in [-0.39, 0.29) is 18.1 Å². The lowest BCUT2D eigenvalue weighted by molar-refractivity contribution is -0.385. The Labute approximate surface area is 93.2 Å². The summed E-state index contributed by atoms with van der Waals surface area (Å²) >= 11 is 0. The van der Waals surface area contributed by atoms with Crippen LogP contribution in [0.1, 0.15) is 18.1 Å². The van der Waals surface area contributed by atoms with E-state index in [9.17, 15) is 14.9 Å². The van der Waals surface area contributed by atoms with Gasteiger partial charge in [-0.05, 0) is 25.0 Å². The number of rotatable bonds is 4. The van der Waals surface area contributed by atoms with Crippen molar-refractivity contribution in [1.29, 1.82) is 0 Å². The molecule has 1 rings (SSSR count). The maximum Gasteiger partial charge on any atom is 0.310 e. The van der Waals surface area contributed by atoms with Crippen molar-refractivity contribution < 1.29 is 14.5 Å². The average molecular weight is 223 g/mol. The van der Waals surface area contributed by atoms with Crippen LogP contribution in [-0.2, 0) is 16.0 Å². The Bertz CT molecular complexity index is 414. The van der Waals surface area contributed by atoms with Gasteiger partial charge in [0.25, 0.3) is 5.69 Å². The number of hydrogen-bond acceptors (Lipinski definition) is 4. The molecule has 0 unspecified atom stereocenters. The molecule has 0 N–H and O–H groups in total. The van der Waals surface area contributed by atoms with Gasteiger partial charge in [0.05, 0.1) is 18.0 Å². The number of benzene rings is 1. The number of nitro benzene ring substituents is 1. The van der Waals surface area contributed by atoms with Gasteiger partial charge in [-0.1, -0.05) is 6.07 Å². The van der Waals surface area contributed by atoms with Gasteiger partial charge in [-0.25, -0.2) is 0 Å². The Morgan fingerprint density at radius 1 is 1.44 bits per heavy atom. The smallest absolute Gasteiger partial charge is 0.310 e. The van der Waals surface area contributed by atoms with Crippen LogP contribution in [0.4, 0.5) is 5.69 Å². The van der Waals surface area contributed by atoms with Crippen LogP contribution in [0.15, 0.2) is 18.2 Å². The third-order valence-corrected chi connectivity index (χ3v) is 1.99. The van der Waals surface area contributed by atoms with Crippen LogP contribution in [0.25, 0.3) is 0 Å². The van der Waals surface area contributed by atoms with Gasteiger partial charge >= 0.3 is 5.97 Å². The summed E-state index contributed by atoms with van der Waals surface area (Å²) in [6.45, 7) is 3.78. The Hall–Kier alpha value is -1.91. The molecule has 0 aliphatic carbocycles. The lowest BCUT2D eigenvalue weighted by atomic mass is 10.1. The number of aryl methyl sites for hydroxylation is 1. The lowest BCUT2D eigenvalue weighted by Gasteiger charge is -2.03. The Balaban J connectivity index is 2.88. The van der Waals surface area contributed by atoms with Crippen molar-refractivity contribution >= 4 is 11.7 Å². The van der Waals surface area contributed by atoms with Crippen LogP contribution in [0.5, 0.6) is 0 Å². The molecular weight excluding hydrogens is 210 g/mol. The molecule has 0 atom stereocenters. The monoisotopic (exact) mass is 223 g/mol. The molecule has 0 spiro atoms. The summed E-state index contributed by atoms with van der Waals surface area (Å²) in [5.41, 5.74) is 1.36. The number of carbonyl (C=O) groups excluding carboxylic acids is 1. The topological polar surface area (TPSA) is 69.4 Å². The Kier molecular flexibility index (Phi) is 3.99. The summed E-state index contributed by atoms with van der Waals surface area (Å²) in [6.07, 6.45) is 0.0658. The number of hydrogen-bond donors (Lipinski definition) is 0. The fourth-order valence-electron chi connectivity index (χ4n) is 1.43. The first-order valence-electron chi connectivity index (χ1n) is 4.93. The van der Waals surface area contributed by atoms with E-state index >= 15 is 0 Å².